The van der Waals surface area contributed by atoms with Crippen molar-refractivity contribution < 1.29 is 82.8 Å². The summed E-state index contributed by atoms with van der Waals surface area (Å²) in [7, 11) is 1.62. The molecule has 0 radical (unpaired) electrons. The highest BCUT2D eigenvalue weighted by Crippen LogP contribution is 2.25. The fourth-order valence-corrected chi connectivity index (χ4v) is 6.93. The molecule has 0 spiro atoms. The van der Waals surface area contributed by atoms with E-state index in [0.29, 0.717) is 45.2 Å². The van der Waals surface area contributed by atoms with E-state index < -0.39 is 73.3 Å². The van der Waals surface area contributed by atoms with Crippen LogP contribution in [0.5, 0.6) is 0 Å². The van der Waals surface area contributed by atoms with Gasteiger partial charge in [0.1, 0.15) is 18.3 Å². The van der Waals surface area contributed by atoms with Crippen LogP contribution in [0.3, 0.4) is 0 Å². The van der Waals surface area contributed by atoms with E-state index in [1.165, 1.54) is 19.1 Å². The van der Waals surface area contributed by atoms with E-state index >= 15 is 0 Å². The molecule has 1 unspecified atom stereocenters. The summed E-state index contributed by atoms with van der Waals surface area (Å²) in [5, 5.41) is 66.7. The average molecular weight is 944 g/mol. The number of carbonyl (C=O) groups is 8. The second kappa shape index (κ2) is 32.0. The summed E-state index contributed by atoms with van der Waals surface area (Å²) >= 11 is 0. The molecule has 0 aromatic carbocycles. The van der Waals surface area contributed by atoms with Crippen LogP contribution in [0.25, 0.3) is 0 Å². The molecular weight excluding hydrogens is 874 g/mol. The van der Waals surface area contributed by atoms with Gasteiger partial charge in [-0.1, -0.05) is 25.7 Å². The summed E-state index contributed by atoms with van der Waals surface area (Å²) in [6.45, 7) is 1.31. The van der Waals surface area contributed by atoms with Crippen molar-refractivity contribution in [3.63, 3.8) is 0 Å². The third-order valence-electron chi connectivity index (χ3n) is 10.4. The number of amides is 6. The number of unbranched alkanes of at least 4 members (excludes halogenated alkanes) is 6. The van der Waals surface area contributed by atoms with Crippen LogP contribution in [0.1, 0.15) is 96.8 Å². The van der Waals surface area contributed by atoms with Gasteiger partial charge in [0.05, 0.1) is 19.2 Å². The number of carbonyl (C=O) groups excluding carboxylic acids is 6. The topological polar surface area (TPSA) is 359 Å². The monoisotopic (exact) mass is 943 g/mol. The lowest BCUT2D eigenvalue weighted by atomic mass is 9.97. The van der Waals surface area contributed by atoms with Crippen molar-refractivity contribution >= 4 is 47.8 Å². The lowest BCUT2D eigenvalue weighted by Gasteiger charge is -2.35. The molecule has 0 aromatic heterocycles. The van der Waals surface area contributed by atoms with Crippen LogP contribution in [0.2, 0.25) is 0 Å². The molecule has 24 heteroatoms. The standard InChI is InChI=1S/C42H69N7O17/c1-26(52)49-28-14-15-31(39(57)58)64-37(28)30(16-21-50)65-41(61)46-19-9-6-4-8-18-45-36(56)24-48-35(55)13-11-12-34(54)44-17-7-3-5-10-20-47-42(62)66-38(29(53)25-51)32-22-27(43-2)23-33(63-32)40(59)60/h15,23,27-30,32,37-38,43,50-51,53H,3-14,16-22,24-25H2,1-2H3,(H,44,54)(H,45,56)(H,46,61)(H,47,62)(H,48,55)(H,49,52)(H,57,58)(H,59,60)/t27-,28-,29-,30-,32?,37-,38-/m1/s1. The Balaban J connectivity index is 1.48. The first-order chi connectivity index (χ1) is 31.6. The molecule has 0 saturated carbocycles. The lowest BCUT2D eigenvalue weighted by Crippen LogP contribution is -2.53. The van der Waals surface area contributed by atoms with Crippen LogP contribution in [0.15, 0.2) is 23.7 Å². The number of hydrogen-bond donors (Lipinski definition) is 12. The number of carboxylic acids is 2. The molecule has 24 nitrogen and oxygen atoms in total. The predicted molar refractivity (Wildman–Crippen MR) is 232 cm³/mol. The summed E-state index contributed by atoms with van der Waals surface area (Å²) < 4.78 is 21.7. The number of aliphatic hydroxyl groups is 3. The summed E-state index contributed by atoms with van der Waals surface area (Å²) in [5.74, 6) is -4.64. The number of aliphatic hydroxyl groups excluding tert-OH is 3. The van der Waals surface area contributed by atoms with Gasteiger partial charge in [0.15, 0.2) is 12.2 Å². The van der Waals surface area contributed by atoms with Crippen LogP contribution in [-0.4, -0.2) is 169 Å². The van der Waals surface area contributed by atoms with E-state index in [1.54, 1.807) is 7.05 Å². The van der Waals surface area contributed by atoms with E-state index in [-0.39, 0.29) is 93.5 Å². The highest BCUT2D eigenvalue weighted by atomic mass is 16.6. The first-order valence-electron chi connectivity index (χ1n) is 22.3. The number of alkyl carbamates (subject to hydrolysis) is 2. The Labute approximate surface area is 383 Å². The Morgan fingerprint density at radius 3 is 1.79 bits per heavy atom. The molecule has 0 saturated heterocycles. The third-order valence-corrected chi connectivity index (χ3v) is 10.4. The molecule has 2 heterocycles. The van der Waals surface area contributed by atoms with Gasteiger partial charge in [0.2, 0.25) is 35.1 Å². The van der Waals surface area contributed by atoms with Gasteiger partial charge in [-0.2, -0.15) is 0 Å². The molecule has 0 bridgehead atoms. The van der Waals surface area contributed by atoms with Gasteiger partial charge in [-0.25, -0.2) is 19.2 Å². The Bertz CT molecular complexity index is 1650. The normalized spacial score (nSPS) is 19.1. The van der Waals surface area contributed by atoms with E-state index in [9.17, 15) is 63.9 Å². The maximum Gasteiger partial charge on any atom is 0.407 e. The van der Waals surface area contributed by atoms with Gasteiger partial charge < -0.3 is 81.7 Å². The molecule has 2 rings (SSSR count). The van der Waals surface area contributed by atoms with Crippen molar-refractivity contribution in [2.45, 2.75) is 139 Å². The number of likely N-dealkylation sites (N-methyl/N-ethyl adjacent to an activating group) is 1. The first-order valence-corrected chi connectivity index (χ1v) is 22.3. The SMILES string of the molecule is CN[C@H]1C=C(C(=O)O)OC([C@H](OC(=O)NCCCCCCNC(=O)CCCC(=O)NCC(=O)NCCCCCCNC(=O)O[C@H](CCO)[C@@H]2OC(C(=O)O)=CC[C@H]2NC(C)=O)[C@H](O)CO)C1. The molecule has 12 N–H and O–H groups in total. The molecule has 2 aliphatic heterocycles. The second-order valence-corrected chi connectivity index (χ2v) is 15.7. The van der Waals surface area contributed by atoms with Gasteiger partial charge in [0.25, 0.3) is 0 Å². The summed E-state index contributed by atoms with van der Waals surface area (Å²) in [6, 6.07) is -1.09. The number of nitrogens with one attached hydrogen (secondary N) is 7. The zero-order valence-electron chi connectivity index (χ0n) is 37.7. The van der Waals surface area contributed by atoms with Crippen molar-refractivity contribution in [2.75, 3.05) is 53.0 Å². The number of ether oxygens (including phenoxy) is 4. The van der Waals surface area contributed by atoms with Crippen molar-refractivity contribution in [1.29, 1.82) is 0 Å². The van der Waals surface area contributed by atoms with Gasteiger partial charge in [-0.3, -0.25) is 19.2 Å². The van der Waals surface area contributed by atoms with Gasteiger partial charge >= 0.3 is 24.1 Å². The summed E-state index contributed by atoms with van der Waals surface area (Å²) in [6.07, 6.45) is 1.38. The third kappa shape index (κ3) is 22.9. The molecule has 66 heavy (non-hydrogen) atoms. The minimum atomic E-state index is -1.50. The van der Waals surface area contributed by atoms with E-state index in [4.69, 9.17) is 18.9 Å². The van der Waals surface area contributed by atoms with Gasteiger partial charge in [-0.15, -0.1) is 0 Å². The maximum absolute atomic E-state index is 12.5. The number of aliphatic carboxylic acids is 2. The molecular formula is C42H69N7O17. The summed E-state index contributed by atoms with van der Waals surface area (Å²) in [5.41, 5.74) is 0. The Morgan fingerprint density at radius 2 is 1.26 bits per heavy atom. The van der Waals surface area contributed by atoms with E-state index in [0.717, 1.165) is 25.7 Å². The Morgan fingerprint density at radius 1 is 0.712 bits per heavy atom. The Hall–Kier alpha value is -5.72. The molecule has 7 atom stereocenters. The fraction of sp³-hybridized carbons (Fsp3) is 0.714. The van der Waals surface area contributed by atoms with Crippen LogP contribution < -0.4 is 37.2 Å². The highest BCUT2D eigenvalue weighted by Gasteiger charge is 2.40. The zero-order valence-corrected chi connectivity index (χ0v) is 37.7. The molecule has 0 aromatic rings. The Kier molecular flexibility index (Phi) is 27.4. The van der Waals surface area contributed by atoms with Gasteiger partial charge in [0, 0.05) is 71.4 Å². The number of hydrogen-bond acceptors (Lipinski definition) is 16. The minimum Gasteiger partial charge on any atom is -0.479 e. The molecule has 6 amide bonds. The van der Waals surface area contributed by atoms with Gasteiger partial charge in [-0.05, 0) is 57.7 Å². The van der Waals surface area contributed by atoms with E-state index in [1.807, 2.05) is 0 Å². The maximum atomic E-state index is 12.5. The lowest BCUT2D eigenvalue weighted by molar-refractivity contribution is -0.144. The second-order valence-electron chi connectivity index (χ2n) is 15.7. The summed E-state index contributed by atoms with van der Waals surface area (Å²) in [4.78, 5) is 96.0. The molecule has 2 aliphatic rings. The van der Waals surface area contributed by atoms with Crippen LogP contribution in [-0.2, 0) is 47.7 Å². The largest absolute Gasteiger partial charge is 0.479 e. The molecule has 0 fully saturated rings. The number of rotatable bonds is 32. The van der Waals surface area contributed by atoms with Crippen LogP contribution in [0, 0.1) is 0 Å². The average Bonchev–Trinajstić information content (AvgIpc) is 3.28. The first kappa shape index (κ1) is 56.4. The predicted octanol–water partition coefficient (Wildman–Crippen LogP) is -0.841. The van der Waals surface area contributed by atoms with Crippen LogP contribution >= 0.6 is 0 Å². The molecule has 0 aliphatic carbocycles. The van der Waals surface area contributed by atoms with Crippen molar-refractivity contribution in [3.8, 4) is 0 Å². The van der Waals surface area contributed by atoms with Crippen molar-refractivity contribution in [3.05, 3.63) is 23.7 Å². The quantitative estimate of drug-likeness (QED) is 0.0366. The van der Waals surface area contributed by atoms with Crippen molar-refractivity contribution in [2.24, 2.45) is 0 Å². The van der Waals surface area contributed by atoms with Crippen molar-refractivity contribution in [1.82, 2.24) is 37.2 Å². The van der Waals surface area contributed by atoms with E-state index in [2.05, 4.69) is 37.2 Å². The molecule has 374 valence electrons. The number of carboxylic acid groups (broad SMARTS) is 2. The van der Waals surface area contributed by atoms with Crippen LogP contribution in [0.4, 0.5) is 9.59 Å². The fourth-order valence-electron chi connectivity index (χ4n) is 6.93. The smallest absolute Gasteiger partial charge is 0.407 e. The highest BCUT2D eigenvalue weighted by molar-refractivity contribution is 5.86. The minimum absolute atomic E-state index is 0.0473. The zero-order chi connectivity index (χ0) is 48.9.